The van der Waals surface area contributed by atoms with Crippen LogP contribution in [0.2, 0.25) is 0 Å². The van der Waals surface area contributed by atoms with Crippen molar-refractivity contribution in [2.75, 3.05) is 19.3 Å². The molecule has 4 nitrogen and oxygen atoms in total. The van der Waals surface area contributed by atoms with Crippen molar-refractivity contribution < 1.29 is 0 Å². The highest BCUT2D eigenvalue weighted by molar-refractivity contribution is 14.0. The number of halogens is 1. The van der Waals surface area contributed by atoms with Crippen molar-refractivity contribution in [1.82, 2.24) is 15.6 Å². The van der Waals surface area contributed by atoms with Gasteiger partial charge in [0.1, 0.15) is 0 Å². The van der Waals surface area contributed by atoms with Gasteiger partial charge in [-0.05, 0) is 31.9 Å². The van der Waals surface area contributed by atoms with Gasteiger partial charge in [0.15, 0.2) is 5.96 Å². The lowest BCUT2D eigenvalue weighted by atomic mass is 9.95. The number of thioether (sulfide) groups is 1. The average molecular weight is 468 g/mol. The summed E-state index contributed by atoms with van der Waals surface area (Å²) in [4.78, 5) is 10.0. The highest BCUT2D eigenvalue weighted by Crippen LogP contribution is 2.28. The summed E-state index contributed by atoms with van der Waals surface area (Å²) in [7, 11) is 1.85. The Hall–Kier alpha value is -0.0200. The highest BCUT2D eigenvalue weighted by Gasteiger charge is 2.22. The van der Waals surface area contributed by atoms with Gasteiger partial charge >= 0.3 is 0 Å². The Morgan fingerprint density at radius 3 is 2.96 bits per heavy atom. The van der Waals surface area contributed by atoms with Gasteiger partial charge in [-0.15, -0.1) is 35.3 Å². The molecule has 1 aromatic rings. The van der Waals surface area contributed by atoms with Gasteiger partial charge < -0.3 is 10.6 Å². The number of nitrogens with one attached hydrogen (secondary N) is 2. The van der Waals surface area contributed by atoms with Crippen LogP contribution in [0.1, 0.15) is 42.5 Å². The molecule has 0 aromatic carbocycles. The minimum Gasteiger partial charge on any atom is -0.356 e. The van der Waals surface area contributed by atoms with E-state index in [1.54, 1.807) is 11.3 Å². The Morgan fingerprint density at radius 1 is 1.48 bits per heavy atom. The van der Waals surface area contributed by atoms with Crippen LogP contribution in [0.4, 0.5) is 0 Å². The summed E-state index contributed by atoms with van der Waals surface area (Å²) in [5.74, 6) is 2.15. The maximum Gasteiger partial charge on any atom is 0.191 e. The maximum absolute atomic E-state index is 4.40. The zero-order valence-electron chi connectivity index (χ0n) is 14.3. The van der Waals surface area contributed by atoms with Crippen molar-refractivity contribution in [2.24, 2.45) is 4.99 Å². The molecule has 132 valence electrons. The SMILES string of the molecule is CCSC1CCCC(NC(=NC)NCCc2ncc(C)s2)C1.I. The van der Waals surface area contributed by atoms with Crippen LogP contribution in [0.5, 0.6) is 0 Å². The lowest BCUT2D eigenvalue weighted by molar-refractivity contribution is 0.419. The van der Waals surface area contributed by atoms with E-state index in [2.05, 4.69) is 46.2 Å². The van der Waals surface area contributed by atoms with Gasteiger partial charge in [-0.2, -0.15) is 11.8 Å². The molecule has 0 radical (unpaired) electrons. The third kappa shape index (κ3) is 7.60. The molecule has 2 unspecified atom stereocenters. The summed E-state index contributed by atoms with van der Waals surface area (Å²) in [5, 5.41) is 9.02. The molecule has 1 aromatic heterocycles. The van der Waals surface area contributed by atoms with Crippen molar-refractivity contribution in [2.45, 2.75) is 57.2 Å². The predicted octanol–water partition coefficient (Wildman–Crippen LogP) is 3.84. The van der Waals surface area contributed by atoms with E-state index in [0.29, 0.717) is 6.04 Å². The second-order valence-electron chi connectivity index (χ2n) is 5.70. The van der Waals surface area contributed by atoms with Gasteiger partial charge in [0.05, 0.1) is 5.01 Å². The molecule has 2 atom stereocenters. The first-order chi connectivity index (χ1) is 10.7. The van der Waals surface area contributed by atoms with Gasteiger partial charge in [-0.3, -0.25) is 4.99 Å². The number of thiazole rings is 1. The van der Waals surface area contributed by atoms with Gasteiger partial charge in [0.25, 0.3) is 0 Å². The number of aryl methyl sites for hydroxylation is 1. The summed E-state index contributed by atoms with van der Waals surface area (Å²) in [5.41, 5.74) is 0. The number of aliphatic imine (C=N–C) groups is 1. The number of guanidine groups is 1. The molecule has 23 heavy (non-hydrogen) atoms. The predicted molar refractivity (Wildman–Crippen MR) is 115 cm³/mol. The minimum atomic E-state index is 0. The average Bonchev–Trinajstić information content (AvgIpc) is 2.92. The summed E-state index contributed by atoms with van der Waals surface area (Å²) < 4.78 is 0. The smallest absolute Gasteiger partial charge is 0.191 e. The van der Waals surface area contributed by atoms with Crippen molar-refractivity contribution in [3.05, 3.63) is 16.1 Å². The molecule has 0 spiro atoms. The summed E-state index contributed by atoms with van der Waals surface area (Å²) in [6.45, 7) is 5.23. The fraction of sp³-hybridized carbons (Fsp3) is 0.750. The number of hydrogen-bond donors (Lipinski definition) is 2. The fourth-order valence-electron chi connectivity index (χ4n) is 2.86. The lowest BCUT2D eigenvalue weighted by Gasteiger charge is -2.30. The van der Waals surface area contributed by atoms with Crippen LogP contribution >= 0.6 is 47.1 Å². The molecule has 1 saturated carbocycles. The van der Waals surface area contributed by atoms with Crippen LogP contribution in [-0.2, 0) is 6.42 Å². The zero-order valence-corrected chi connectivity index (χ0v) is 18.3. The Morgan fingerprint density at radius 2 is 2.30 bits per heavy atom. The third-order valence-corrected chi connectivity index (χ3v) is 6.10. The minimum absolute atomic E-state index is 0. The molecule has 1 aliphatic rings. The van der Waals surface area contributed by atoms with Crippen molar-refractivity contribution in [3.8, 4) is 0 Å². The van der Waals surface area contributed by atoms with E-state index in [4.69, 9.17) is 0 Å². The first-order valence-electron chi connectivity index (χ1n) is 8.21. The topological polar surface area (TPSA) is 49.3 Å². The Bertz CT molecular complexity index is 476. The molecule has 0 aliphatic heterocycles. The van der Waals surface area contributed by atoms with Crippen molar-refractivity contribution >= 4 is 53.0 Å². The Labute approximate surface area is 165 Å². The first-order valence-corrected chi connectivity index (χ1v) is 10.1. The zero-order chi connectivity index (χ0) is 15.8. The molecule has 0 amide bonds. The summed E-state index contributed by atoms with van der Waals surface area (Å²) >= 11 is 3.88. The second-order valence-corrected chi connectivity index (χ2v) is 8.60. The van der Waals surface area contributed by atoms with Crippen LogP contribution in [0.25, 0.3) is 0 Å². The highest BCUT2D eigenvalue weighted by atomic mass is 127. The molecule has 0 bridgehead atoms. The fourth-order valence-corrected chi connectivity index (χ4v) is 4.82. The van der Waals surface area contributed by atoms with Gasteiger partial charge in [0.2, 0.25) is 0 Å². The molecule has 0 saturated heterocycles. The number of hydrogen-bond acceptors (Lipinski definition) is 4. The molecular formula is C16H29IN4S2. The quantitative estimate of drug-likeness (QED) is 0.379. The van der Waals surface area contributed by atoms with E-state index in [9.17, 15) is 0 Å². The van der Waals surface area contributed by atoms with Gasteiger partial charge in [0, 0.05) is 42.4 Å². The molecule has 1 aliphatic carbocycles. The molecule has 7 heteroatoms. The standard InChI is InChI=1S/C16H28N4S2.HI/c1-4-21-14-7-5-6-13(10-14)20-16(17-3)18-9-8-15-19-11-12(2)22-15;/h11,13-14H,4-10H2,1-3H3,(H2,17,18,20);1H. The van der Waals surface area contributed by atoms with Crippen molar-refractivity contribution in [1.29, 1.82) is 0 Å². The molecule has 2 N–H and O–H groups in total. The van der Waals surface area contributed by atoms with Crippen LogP contribution in [0, 0.1) is 6.92 Å². The molecule has 1 heterocycles. The Balaban J connectivity index is 0.00000264. The first kappa shape index (κ1) is 21.0. The van der Waals surface area contributed by atoms with E-state index in [-0.39, 0.29) is 24.0 Å². The molecule has 2 rings (SSSR count). The van der Waals surface area contributed by atoms with Crippen LogP contribution < -0.4 is 10.6 Å². The monoisotopic (exact) mass is 468 g/mol. The number of aromatic nitrogens is 1. The number of rotatable bonds is 6. The lowest BCUT2D eigenvalue weighted by Crippen LogP contribution is -2.46. The van der Waals surface area contributed by atoms with Crippen molar-refractivity contribution in [3.63, 3.8) is 0 Å². The van der Waals surface area contributed by atoms with Crippen LogP contribution in [-0.4, -0.2) is 41.6 Å². The number of nitrogens with zero attached hydrogens (tertiary/aromatic N) is 2. The third-order valence-electron chi connectivity index (χ3n) is 3.89. The largest absolute Gasteiger partial charge is 0.356 e. The van der Waals surface area contributed by atoms with E-state index in [1.165, 1.54) is 41.3 Å². The van der Waals surface area contributed by atoms with Gasteiger partial charge in [-0.1, -0.05) is 13.3 Å². The summed E-state index contributed by atoms with van der Waals surface area (Å²) in [6, 6.07) is 0.561. The van der Waals surface area contributed by atoms with E-state index in [1.807, 2.05) is 13.2 Å². The Kier molecular flexibility index (Phi) is 10.5. The van der Waals surface area contributed by atoms with E-state index < -0.39 is 0 Å². The molecular weight excluding hydrogens is 439 g/mol. The normalized spacial score (nSPS) is 21.6. The van der Waals surface area contributed by atoms with Crippen LogP contribution in [0.3, 0.4) is 0 Å². The van der Waals surface area contributed by atoms with E-state index in [0.717, 1.165) is 24.2 Å². The van der Waals surface area contributed by atoms with Crippen LogP contribution in [0.15, 0.2) is 11.2 Å². The van der Waals surface area contributed by atoms with E-state index >= 15 is 0 Å². The molecule has 1 fully saturated rings. The summed E-state index contributed by atoms with van der Waals surface area (Å²) in [6.07, 6.45) is 8.10. The maximum atomic E-state index is 4.40. The second kappa shape index (κ2) is 11.5. The van der Waals surface area contributed by atoms with Gasteiger partial charge in [-0.25, -0.2) is 4.98 Å².